The number of esters is 1. The van der Waals surface area contributed by atoms with Crippen LogP contribution in [0.15, 0.2) is 54.7 Å². The first-order valence-corrected chi connectivity index (χ1v) is 9.22. The number of para-hydroxylation sites is 2. The maximum absolute atomic E-state index is 12.5. The van der Waals surface area contributed by atoms with E-state index in [1.54, 1.807) is 0 Å². The van der Waals surface area contributed by atoms with Gasteiger partial charge in [-0.1, -0.05) is 36.4 Å². The number of aromatic amines is 1. The summed E-state index contributed by atoms with van der Waals surface area (Å²) in [6.07, 6.45) is 2.20. The highest BCUT2D eigenvalue weighted by atomic mass is 16.6. The Morgan fingerprint density at radius 1 is 1.07 bits per heavy atom. The normalized spacial score (nSPS) is 11.8. The average molecular weight is 380 g/mol. The standard InChI is InChI=1S/C22H24N2O4/c1-15-7-3-6-10-21(15)27-11-12-28-22(26)20(24-16(2)25)13-17-14-23-19-9-5-4-8-18(17)19/h3-10,14,20,23H,11-13H2,1-2H3,(H,24,25). The molecule has 2 aromatic carbocycles. The van der Waals surface area contributed by atoms with Gasteiger partial charge in [0.15, 0.2) is 0 Å². The lowest BCUT2D eigenvalue weighted by molar-refractivity contribution is -0.148. The number of carbonyl (C=O) groups is 2. The Morgan fingerprint density at radius 3 is 2.61 bits per heavy atom. The van der Waals surface area contributed by atoms with E-state index in [2.05, 4.69) is 10.3 Å². The van der Waals surface area contributed by atoms with E-state index >= 15 is 0 Å². The summed E-state index contributed by atoms with van der Waals surface area (Å²) >= 11 is 0. The van der Waals surface area contributed by atoms with E-state index in [1.807, 2.05) is 61.7 Å². The molecule has 1 heterocycles. The van der Waals surface area contributed by atoms with E-state index in [4.69, 9.17) is 9.47 Å². The number of aryl methyl sites for hydroxylation is 1. The van der Waals surface area contributed by atoms with Crippen LogP contribution in [-0.4, -0.2) is 36.1 Å². The summed E-state index contributed by atoms with van der Waals surface area (Å²) in [5.74, 6) is 0.00238. The minimum Gasteiger partial charge on any atom is -0.490 e. The summed E-state index contributed by atoms with van der Waals surface area (Å²) in [4.78, 5) is 27.2. The number of hydrogen-bond donors (Lipinski definition) is 2. The Labute approximate surface area is 163 Å². The highest BCUT2D eigenvalue weighted by Crippen LogP contribution is 2.19. The molecule has 28 heavy (non-hydrogen) atoms. The van der Waals surface area contributed by atoms with Crippen LogP contribution in [0.3, 0.4) is 0 Å². The Hall–Kier alpha value is -3.28. The number of hydrogen-bond acceptors (Lipinski definition) is 4. The first-order valence-electron chi connectivity index (χ1n) is 9.22. The van der Waals surface area contributed by atoms with Gasteiger partial charge in [-0.05, 0) is 30.2 Å². The lowest BCUT2D eigenvalue weighted by Gasteiger charge is -2.17. The molecule has 1 amide bonds. The topological polar surface area (TPSA) is 80.4 Å². The molecule has 3 rings (SSSR count). The van der Waals surface area contributed by atoms with E-state index in [9.17, 15) is 9.59 Å². The fourth-order valence-corrected chi connectivity index (χ4v) is 3.07. The molecule has 0 aliphatic carbocycles. The Bertz CT molecular complexity index is 964. The number of H-pyrrole nitrogens is 1. The smallest absolute Gasteiger partial charge is 0.329 e. The van der Waals surface area contributed by atoms with Gasteiger partial charge >= 0.3 is 5.97 Å². The second-order valence-electron chi connectivity index (χ2n) is 6.60. The zero-order valence-electron chi connectivity index (χ0n) is 16.0. The molecular weight excluding hydrogens is 356 g/mol. The molecule has 6 nitrogen and oxygen atoms in total. The molecule has 2 N–H and O–H groups in total. The first-order chi connectivity index (χ1) is 13.5. The number of nitrogens with one attached hydrogen (secondary N) is 2. The molecule has 146 valence electrons. The Balaban J connectivity index is 1.58. The van der Waals surface area contributed by atoms with Gasteiger partial charge in [0.25, 0.3) is 0 Å². The molecule has 0 aliphatic rings. The molecule has 0 saturated heterocycles. The number of ether oxygens (including phenoxy) is 2. The zero-order chi connectivity index (χ0) is 19.9. The summed E-state index contributed by atoms with van der Waals surface area (Å²) in [6.45, 7) is 3.69. The van der Waals surface area contributed by atoms with Crippen molar-refractivity contribution >= 4 is 22.8 Å². The number of carbonyl (C=O) groups excluding carboxylic acids is 2. The van der Waals surface area contributed by atoms with Gasteiger partial charge in [-0.25, -0.2) is 4.79 Å². The molecule has 0 saturated carbocycles. The predicted octanol–water partition coefficient (Wildman–Crippen LogP) is 3.15. The molecule has 0 spiro atoms. The minimum absolute atomic E-state index is 0.108. The maximum atomic E-state index is 12.5. The van der Waals surface area contributed by atoms with E-state index in [0.29, 0.717) is 6.42 Å². The molecule has 0 fully saturated rings. The predicted molar refractivity (Wildman–Crippen MR) is 107 cm³/mol. The number of fused-ring (bicyclic) bond motifs is 1. The minimum atomic E-state index is -0.754. The van der Waals surface area contributed by atoms with Crippen molar-refractivity contribution in [1.82, 2.24) is 10.3 Å². The average Bonchev–Trinajstić information content (AvgIpc) is 3.08. The van der Waals surface area contributed by atoms with Gasteiger partial charge in [0.2, 0.25) is 5.91 Å². The SMILES string of the molecule is CC(=O)NC(Cc1c[nH]c2ccccc12)C(=O)OCCOc1ccccc1C. The van der Waals surface area contributed by atoms with Crippen molar-refractivity contribution in [1.29, 1.82) is 0 Å². The van der Waals surface area contributed by atoms with Crippen LogP contribution >= 0.6 is 0 Å². The van der Waals surface area contributed by atoms with Crippen molar-refractivity contribution in [3.05, 3.63) is 65.9 Å². The van der Waals surface area contributed by atoms with Crippen LogP contribution < -0.4 is 10.1 Å². The molecule has 0 radical (unpaired) electrons. The van der Waals surface area contributed by atoms with Gasteiger partial charge in [-0.3, -0.25) is 4.79 Å². The van der Waals surface area contributed by atoms with Crippen LogP contribution in [0.25, 0.3) is 10.9 Å². The van der Waals surface area contributed by atoms with Crippen molar-refractivity contribution in [3.8, 4) is 5.75 Å². The second-order valence-corrected chi connectivity index (χ2v) is 6.60. The van der Waals surface area contributed by atoms with Crippen molar-refractivity contribution < 1.29 is 19.1 Å². The summed E-state index contributed by atoms with van der Waals surface area (Å²) in [6, 6.07) is 14.7. The van der Waals surface area contributed by atoms with E-state index in [0.717, 1.165) is 27.8 Å². The summed E-state index contributed by atoms with van der Waals surface area (Å²) < 4.78 is 11.0. The third-order valence-electron chi connectivity index (χ3n) is 4.44. The van der Waals surface area contributed by atoms with Gasteiger partial charge in [0.05, 0.1) is 0 Å². The number of rotatable bonds is 8. The third-order valence-corrected chi connectivity index (χ3v) is 4.44. The van der Waals surface area contributed by atoms with Gasteiger partial charge in [-0.2, -0.15) is 0 Å². The molecule has 0 aliphatic heterocycles. The third kappa shape index (κ3) is 4.91. The molecule has 1 aromatic heterocycles. The lowest BCUT2D eigenvalue weighted by atomic mass is 10.0. The summed E-state index contributed by atoms with van der Waals surface area (Å²) in [5.41, 5.74) is 2.95. The largest absolute Gasteiger partial charge is 0.490 e. The Morgan fingerprint density at radius 2 is 1.82 bits per heavy atom. The first kappa shape index (κ1) is 19.5. The summed E-state index contributed by atoms with van der Waals surface area (Å²) in [7, 11) is 0. The molecule has 6 heteroatoms. The van der Waals surface area contributed by atoms with Gasteiger partial charge in [-0.15, -0.1) is 0 Å². The van der Waals surface area contributed by atoms with Crippen LogP contribution in [0.1, 0.15) is 18.1 Å². The highest BCUT2D eigenvalue weighted by molar-refractivity contribution is 5.86. The monoisotopic (exact) mass is 380 g/mol. The fourth-order valence-electron chi connectivity index (χ4n) is 3.07. The van der Waals surface area contributed by atoms with E-state index in [1.165, 1.54) is 6.92 Å². The van der Waals surface area contributed by atoms with Crippen LogP contribution in [-0.2, 0) is 20.7 Å². The number of amides is 1. The molecule has 3 aromatic rings. The van der Waals surface area contributed by atoms with Gasteiger partial charge in [0, 0.05) is 30.4 Å². The van der Waals surface area contributed by atoms with E-state index in [-0.39, 0.29) is 19.1 Å². The van der Waals surface area contributed by atoms with Crippen LogP contribution in [0.5, 0.6) is 5.75 Å². The van der Waals surface area contributed by atoms with Crippen LogP contribution in [0, 0.1) is 6.92 Å². The van der Waals surface area contributed by atoms with Crippen molar-refractivity contribution in [2.24, 2.45) is 0 Å². The van der Waals surface area contributed by atoms with Crippen molar-refractivity contribution in [3.63, 3.8) is 0 Å². The summed E-state index contributed by atoms with van der Waals surface area (Å²) in [5, 5.41) is 3.70. The lowest BCUT2D eigenvalue weighted by Crippen LogP contribution is -2.42. The highest BCUT2D eigenvalue weighted by Gasteiger charge is 2.23. The molecule has 0 bridgehead atoms. The molecule has 1 atom stereocenters. The Kier molecular flexibility index (Phi) is 6.32. The van der Waals surface area contributed by atoms with Crippen LogP contribution in [0.4, 0.5) is 0 Å². The zero-order valence-corrected chi connectivity index (χ0v) is 16.0. The van der Waals surface area contributed by atoms with Crippen molar-refractivity contribution in [2.45, 2.75) is 26.3 Å². The van der Waals surface area contributed by atoms with Crippen molar-refractivity contribution in [2.75, 3.05) is 13.2 Å². The van der Waals surface area contributed by atoms with Gasteiger partial charge < -0.3 is 19.8 Å². The molecular formula is C22H24N2O4. The van der Waals surface area contributed by atoms with E-state index < -0.39 is 12.0 Å². The fraction of sp³-hybridized carbons (Fsp3) is 0.273. The van der Waals surface area contributed by atoms with Crippen LogP contribution in [0.2, 0.25) is 0 Å². The quantitative estimate of drug-likeness (QED) is 0.465. The van der Waals surface area contributed by atoms with Gasteiger partial charge in [0.1, 0.15) is 25.0 Å². The number of aromatic nitrogens is 1. The maximum Gasteiger partial charge on any atom is 0.329 e. The molecule has 1 unspecified atom stereocenters. The second kappa shape index (κ2) is 9.08. The number of benzene rings is 2.